The predicted octanol–water partition coefficient (Wildman–Crippen LogP) is -0.181. The van der Waals surface area contributed by atoms with Gasteiger partial charge in [-0.25, -0.2) is 0 Å². The number of hydrogen-bond donors (Lipinski definition) is 2. The number of aryl methyl sites for hydroxylation is 1. The Bertz CT molecular complexity index is 290. The topological polar surface area (TPSA) is 76.2 Å². The van der Waals surface area contributed by atoms with Crippen LogP contribution in [0.15, 0.2) is 17.4 Å². The molecular formula is C8H13N5. The van der Waals surface area contributed by atoms with Gasteiger partial charge in [0.15, 0.2) is 5.96 Å². The molecule has 0 bridgehead atoms. The average Bonchev–Trinajstić information content (AvgIpc) is 2.16. The number of guanidine groups is 1. The van der Waals surface area contributed by atoms with Crippen LogP contribution in [-0.2, 0) is 6.54 Å². The Morgan fingerprint density at radius 3 is 2.85 bits per heavy atom. The lowest BCUT2D eigenvalue weighted by atomic mass is 10.4. The van der Waals surface area contributed by atoms with Crippen molar-refractivity contribution in [2.24, 2.45) is 10.7 Å². The van der Waals surface area contributed by atoms with Crippen LogP contribution < -0.4 is 11.1 Å². The molecule has 1 rings (SSSR count). The summed E-state index contributed by atoms with van der Waals surface area (Å²) < 4.78 is 0. The molecule has 0 unspecified atom stereocenters. The predicted molar refractivity (Wildman–Crippen MR) is 51.2 cm³/mol. The molecule has 70 valence electrons. The van der Waals surface area contributed by atoms with E-state index in [0.29, 0.717) is 12.5 Å². The fourth-order valence-electron chi connectivity index (χ4n) is 0.771. The molecule has 0 aliphatic rings. The minimum absolute atomic E-state index is 0.405. The summed E-state index contributed by atoms with van der Waals surface area (Å²) in [6, 6.07) is 0. The third kappa shape index (κ3) is 3.06. The Hall–Kier alpha value is -1.65. The second-order valence-corrected chi connectivity index (χ2v) is 2.61. The molecule has 1 aromatic heterocycles. The van der Waals surface area contributed by atoms with E-state index < -0.39 is 0 Å². The fraction of sp³-hybridized carbons (Fsp3) is 0.375. The second-order valence-electron chi connectivity index (χ2n) is 2.61. The van der Waals surface area contributed by atoms with E-state index in [1.807, 2.05) is 6.92 Å². The van der Waals surface area contributed by atoms with Gasteiger partial charge >= 0.3 is 0 Å². The van der Waals surface area contributed by atoms with Crippen molar-refractivity contribution in [3.05, 3.63) is 23.8 Å². The lowest BCUT2D eigenvalue weighted by Crippen LogP contribution is -2.31. The SMILES string of the molecule is CN=C(N)NCc1cnc(C)cn1. The van der Waals surface area contributed by atoms with Crippen molar-refractivity contribution in [3.63, 3.8) is 0 Å². The Balaban J connectivity index is 2.51. The van der Waals surface area contributed by atoms with Crippen molar-refractivity contribution >= 4 is 5.96 Å². The van der Waals surface area contributed by atoms with E-state index in [1.54, 1.807) is 19.4 Å². The van der Waals surface area contributed by atoms with E-state index in [2.05, 4.69) is 20.3 Å². The Kier molecular flexibility index (Phi) is 3.19. The van der Waals surface area contributed by atoms with Gasteiger partial charge in [0.05, 0.1) is 24.1 Å². The molecule has 5 heteroatoms. The first kappa shape index (κ1) is 9.44. The highest BCUT2D eigenvalue weighted by Gasteiger charge is 1.94. The quantitative estimate of drug-likeness (QED) is 0.487. The molecule has 0 saturated carbocycles. The molecule has 1 aromatic rings. The van der Waals surface area contributed by atoms with E-state index in [9.17, 15) is 0 Å². The van der Waals surface area contributed by atoms with E-state index in [0.717, 1.165) is 11.4 Å². The summed E-state index contributed by atoms with van der Waals surface area (Å²) in [7, 11) is 1.63. The van der Waals surface area contributed by atoms with Gasteiger partial charge in [0.2, 0.25) is 0 Å². The van der Waals surface area contributed by atoms with E-state index in [4.69, 9.17) is 5.73 Å². The highest BCUT2D eigenvalue weighted by atomic mass is 15.1. The molecule has 3 N–H and O–H groups in total. The molecular weight excluding hydrogens is 166 g/mol. The highest BCUT2D eigenvalue weighted by Crippen LogP contribution is 1.92. The van der Waals surface area contributed by atoms with E-state index in [-0.39, 0.29) is 0 Å². The molecule has 5 nitrogen and oxygen atoms in total. The van der Waals surface area contributed by atoms with Gasteiger partial charge in [-0.05, 0) is 6.92 Å². The van der Waals surface area contributed by atoms with E-state index in [1.165, 1.54) is 0 Å². The number of nitrogens with zero attached hydrogens (tertiary/aromatic N) is 3. The van der Waals surface area contributed by atoms with Crippen LogP contribution in [0.3, 0.4) is 0 Å². The second kappa shape index (κ2) is 4.39. The van der Waals surface area contributed by atoms with Crippen LogP contribution >= 0.6 is 0 Å². The van der Waals surface area contributed by atoms with Crippen molar-refractivity contribution in [1.82, 2.24) is 15.3 Å². The van der Waals surface area contributed by atoms with Gasteiger partial charge in [-0.2, -0.15) is 0 Å². The maximum atomic E-state index is 5.44. The van der Waals surface area contributed by atoms with Crippen LogP contribution in [0.1, 0.15) is 11.4 Å². The first-order valence-corrected chi connectivity index (χ1v) is 3.96. The van der Waals surface area contributed by atoms with Gasteiger partial charge in [0, 0.05) is 13.2 Å². The summed E-state index contributed by atoms with van der Waals surface area (Å²) in [5.41, 5.74) is 7.19. The molecule has 0 radical (unpaired) electrons. The highest BCUT2D eigenvalue weighted by molar-refractivity contribution is 5.77. The zero-order chi connectivity index (χ0) is 9.68. The number of nitrogens with two attached hydrogens (primary N) is 1. The number of hydrogen-bond acceptors (Lipinski definition) is 3. The zero-order valence-corrected chi connectivity index (χ0v) is 7.78. The van der Waals surface area contributed by atoms with Crippen molar-refractivity contribution in [2.45, 2.75) is 13.5 Å². The summed E-state index contributed by atoms with van der Waals surface area (Å²) >= 11 is 0. The third-order valence-corrected chi connectivity index (χ3v) is 1.53. The molecule has 13 heavy (non-hydrogen) atoms. The molecule has 0 spiro atoms. The number of nitrogens with one attached hydrogen (secondary N) is 1. The Morgan fingerprint density at radius 2 is 2.31 bits per heavy atom. The molecule has 0 aliphatic carbocycles. The zero-order valence-electron chi connectivity index (χ0n) is 7.78. The number of aromatic nitrogens is 2. The molecule has 0 atom stereocenters. The minimum atomic E-state index is 0.405. The number of aliphatic imine (C=N–C) groups is 1. The largest absolute Gasteiger partial charge is 0.370 e. The van der Waals surface area contributed by atoms with Crippen LogP contribution in [0, 0.1) is 6.92 Å². The Labute approximate surface area is 77.1 Å². The summed E-state index contributed by atoms with van der Waals surface area (Å²) in [6.07, 6.45) is 3.43. The summed E-state index contributed by atoms with van der Waals surface area (Å²) in [5.74, 6) is 0.405. The van der Waals surface area contributed by atoms with Crippen molar-refractivity contribution in [3.8, 4) is 0 Å². The van der Waals surface area contributed by atoms with Gasteiger partial charge in [-0.15, -0.1) is 0 Å². The van der Waals surface area contributed by atoms with Gasteiger partial charge < -0.3 is 11.1 Å². The number of rotatable bonds is 2. The maximum absolute atomic E-state index is 5.44. The minimum Gasteiger partial charge on any atom is -0.370 e. The first-order valence-electron chi connectivity index (χ1n) is 3.96. The molecule has 0 saturated heterocycles. The smallest absolute Gasteiger partial charge is 0.188 e. The third-order valence-electron chi connectivity index (χ3n) is 1.53. The van der Waals surface area contributed by atoms with Gasteiger partial charge in [0.1, 0.15) is 0 Å². The molecule has 0 aliphatic heterocycles. The van der Waals surface area contributed by atoms with Crippen LogP contribution in [-0.4, -0.2) is 23.0 Å². The maximum Gasteiger partial charge on any atom is 0.188 e. The van der Waals surface area contributed by atoms with Crippen LogP contribution in [0.2, 0.25) is 0 Å². The van der Waals surface area contributed by atoms with Crippen molar-refractivity contribution in [2.75, 3.05) is 7.05 Å². The molecule has 0 aromatic carbocycles. The summed E-state index contributed by atoms with van der Waals surface area (Å²) in [5, 5.41) is 2.89. The Morgan fingerprint density at radius 1 is 1.54 bits per heavy atom. The monoisotopic (exact) mass is 179 g/mol. The van der Waals surface area contributed by atoms with Gasteiger partial charge in [-0.3, -0.25) is 15.0 Å². The van der Waals surface area contributed by atoms with Gasteiger partial charge in [0.25, 0.3) is 0 Å². The van der Waals surface area contributed by atoms with Crippen molar-refractivity contribution < 1.29 is 0 Å². The van der Waals surface area contributed by atoms with Crippen LogP contribution in [0.5, 0.6) is 0 Å². The average molecular weight is 179 g/mol. The van der Waals surface area contributed by atoms with Gasteiger partial charge in [-0.1, -0.05) is 0 Å². The summed E-state index contributed by atoms with van der Waals surface area (Å²) in [4.78, 5) is 12.0. The lowest BCUT2D eigenvalue weighted by Gasteiger charge is -2.03. The van der Waals surface area contributed by atoms with Crippen molar-refractivity contribution in [1.29, 1.82) is 0 Å². The molecule has 0 fully saturated rings. The fourth-order valence-corrected chi connectivity index (χ4v) is 0.771. The van der Waals surface area contributed by atoms with E-state index >= 15 is 0 Å². The van der Waals surface area contributed by atoms with Crippen LogP contribution in [0.4, 0.5) is 0 Å². The molecule has 1 heterocycles. The standard InChI is InChI=1S/C8H13N5/c1-6-3-12-7(4-11-6)5-13-8(9)10-2/h3-4H,5H2,1-2H3,(H3,9,10,13). The summed E-state index contributed by atoms with van der Waals surface area (Å²) in [6.45, 7) is 2.45. The van der Waals surface area contributed by atoms with Crippen LogP contribution in [0.25, 0.3) is 0 Å². The normalized spacial score (nSPS) is 11.4. The molecule has 0 amide bonds. The first-order chi connectivity index (χ1) is 6.22. The lowest BCUT2D eigenvalue weighted by molar-refractivity contribution is 0.847.